The van der Waals surface area contributed by atoms with Gasteiger partial charge in [0.15, 0.2) is 0 Å². The summed E-state index contributed by atoms with van der Waals surface area (Å²) in [6, 6.07) is 3.57. The molecule has 2 N–H and O–H groups in total. The Hall–Kier alpha value is -3.03. The highest BCUT2D eigenvalue weighted by molar-refractivity contribution is 5.93. The molecule has 0 saturated carbocycles. The third kappa shape index (κ3) is 2.87. The van der Waals surface area contributed by atoms with Crippen molar-refractivity contribution in [1.82, 2.24) is 24.3 Å². The lowest BCUT2D eigenvalue weighted by atomic mass is 10.1. The number of H-pyrrole nitrogens is 1. The van der Waals surface area contributed by atoms with Gasteiger partial charge in [-0.1, -0.05) is 13.8 Å². The molecular weight excluding hydrogens is 338 g/mol. The summed E-state index contributed by atoms with van der Waals surface area (Å²) in [5.74, 6) is 1.05. The van der Waals surface area contributed by atoms with Gasteiger partial charge < -0.3 is 10.3 Å². The first-order chi connectivity index (χ1) is 12.5. The Morgan fingerprint density at radius 2 is 2.04 bits per heavy atom. The van der Waals surface area contributed by atoms with Crippen LogP contribution in [0.5, 0.6) is 0 Å². The Morgan fingerprint density at radius 1 is 1.19 bits per heavy atom. The van der Waals surface area contributed by atoms with Gasteiger partial charge in [-0.15, -0.1) is 0 Å². The van der Waals surface area contributed by atoms with E-state index in [0.717, 1.165) is 23.1 Å². The molecule has 0 aliphatic carbocycles. The molecule has 4 heterocycles. The van der Waals surface area contributed by atoms with Gasteiger partial charge in [-0.05, 0) is 18.1 Å². The van der Waals surface area contributed by atoms with Gasteiger partial charge in [-0.3, -0.25) is 4.40 Å². The molecule has 0 aliphatic rings. The number of nitrogens with zero attached hydrogens (tertiary/aromatic N) is 4. The molecular formula is C18H18F2N6. The molecule has 0 radical (unpaired) electrons. The van der Waals surface area contributed by atoms with Crippen LogP contribution in [0.15, 0.2) is 36.9 Å². The van der Waals surface area contributed by atoms with E-state index in [1.165, 1.54) is 10.6 Å². The second kappa shape index (κ2) is 6.36. The van der Waals surface area contributed by atoms with E-state index in [2.05, 4.69) is 39.1 Å². The molecule has 0 unspecified atom stereocenters. The van der Waals surface area contributed by atoms with Crippen molar-refractivity contribution in [2.24, 2.45) is 5.92 Å². The van der Waals surface area contributed by atoms with Gasteiger partial charge in [0.1, 0.15) is 17.0 Å². The fourth-order valence-corrected chi connectivity index (χ4v) is 2.85. The van der Waals surface area contributed by atoms with Crippen molar-refractivity contribution in [3.8, 4) is 11.1 Å². The number of anilines is 1. The van der Waals surface area contributed by atoms with Crippen LogP contribution in [0.1, 0.15) is 26.0 Å². The molecule has 4 aromatic rings. The van der Waals surface area contributed by atoms with Crippen molar-refractivity contribution < 1.29 is 8.78 Å². The van der Waals surface area contributed by atoms with E-state index < -0.39 is 6.43 Å². The molecule has 0 atom stereocenters. The monoisotopic (exact) mass is 356 g/mol. The van der Waals surface area contributed by atoms with E-state index in [0.29, 0.717) is 23.2 Å². The summed E-state index contributed by atoms with van der Waals surface area (Å²) in [6.45, 7) is 5.00. The highest BCUT2D eigenvalue weighted by Crippen LogP contribution is 2.29. The number of imidazole rings is 1. The number of halogens is 2. The molecule has 0 aromatic carbocycles. The fraction of sp³-hybridized carbons (Fsp3) is 0.278. The van der Waals surface area contributed by atoms with Gasteiger partial charge in [-0.2, -0.15) is 4.98 Å². The topological polar surface area (TPSA) is 70.9 Å². The van der Waals surface area contributed by atoms with Crippen LogP contribution in [0.2, 0.25) is 0 Å². The van der Waals surface area contributed by atoms with Crippen molar-refractivity contribution in [1.29, 1.82) is 0 Å². The molecule has 0 amide bonds. The van der Waals surface area contributed by atoms with Gasteiger partial charge in [0.05, 0.1) is 6.20 Å². The van der Waals surface area contributed by atoms with Crippen molar-refractivity contribution >= 4 is 22.6 Å². The van der Waals surface area contributed by atoms with Crippen LogP contribution in [-0.4, -0.2) is 30.9 Å². The molecule has 26 heavy (non-hydrogen) atoms. The number of rotatable bonds is 5. The molecule has 134 valence electrons. The number of hydrogen-bond acceptors (Lipinski definition) is 4. The smallest absolute Gasteiger partial charge is 0.280 e. The van der Waals surface area contributed by atoms with Crippen LogP contribution in [0.3, 0.4) is 0 Å². The number of fused-ring (bicyclic) bond motifs is 2. The summed E-state index contributed by atoms with van der Waals surface area (Å²) >= 11 is 0. The van der Waals surface area contributed by atoms with Crippen LogP contribution >= 0.6 is 0 Å². The summed E-state index contributed by atoms with van der Waals surface area (Å²) in [5.41, 5.74) is 2.70. The Morgan fingerprint density at radius 3 is 2.81 bits per heavy atom. The number of aromatic nitrogens is 5. The van der Waals surface area contributed by atoms with Crippen molar-refractivity contribution in [3.63, 3.8) is 0 Å². The Balaban J connectivity index is 1.74. The Labute approximate surface area is 148 Å². The first-order valence-electron chi connectivity index (χ1n) is 8.36. The lowest BCUT2D eigenvalue weighted by Crippen LogP contribution is -2.10. The highest BCUT2D eigenvalue weighted by atomic mass is 19.3. The lowest BCUT2D eigenvalue weighted by Gasteiger charge is -2.07. The number of hydrogen-bond donors (Lipinski definition) is 2. The summed E-state index contributed by atoms with van der Waals surface area (Å²) < 4.78 is 27.7. The molecule has 6 nitrogen and oxygen atoms in total. The summed E-state index contributed by atoms with van der Waals surface area (Å²) in [7, 11) is 0. The third-order valence-corrected chi connectivity index (χ3v) is 4.17. The molecule has 4 aromatic heterocycles. The largest absolute Gasteiger partial charge is 0.354 e. The normalized spacial score (nSPS) is 11.9. The predicted octanol–water partition coefficient (Wildman–Crippen LogP) is 4.28. The van der Waals surface area contributed by atoms with Crippen molar-refractivity contribution in [2.75, 3.05) is 11.9 Å². The molecule has 0 aliphatic heterocycles. The maximum Gasteiger partial charge on any atom is 0.280 e. The number of alkyl halides is 2. The fourth-order valence-electron chi connectivity index (χ4n) is 2.85. The van der Waals surface area contributed by atoms with Gasteiger partial charge in [0.2, 0.25) is 5.95 Å². The number of pyridine rings is 1. The second-order valence-corrected chi connectivity index (χ2v) is 6.56. The van der Waals surface area contributed by atoms with Crippen molar-refractivity contribution in [2.45, 2.75) is 20.3 Å². The summed E-state index contributed by atoms with van der Waals surface area (Å²) in [4.78, 5) is 16.0. The van der Waals surface area contributed by atoms with Crippen LogP contribution in [-0.2, 0) is 0 Å². The van der Waals surface area contributed by atoms with Gasteiger partial charge >= 0.3 is 0 Å². The summed E-state index contributed by atoms with van der Waals surface area (Å²) in [6.07, 6.45) is 3.84. The Kier molecular flexibility index (Phi) is 4.02. The second-order valence-electron chi connectivity index (χ2n) is 6.56. The zero-order valence-electron chi connectivity index (χ0n) is 14.4. The van der Waals surface area contributed by atoms with Gasteiger partial charge in [0.25, 0.3) is 6.43 Å². The van der Waals surface area contributed by atoms with Crippen LogP contribution in [0, 0.1) is 5.92 Å². The summed E-state index contributed by atoms with van der Waals surface area (Å²) in [5, 5.41) is 4.02. The zero-order chi connectivity index (χ0) is 18.3. The van der Waals surface area contributed by atoms with Crippen molar-refractivity contribution in [3.05, 3.63) is 42.6 Å². The van der Waals surface area contributed by atoms with Gasteiger partial charge in [-0.25, -0.2) is 18.7 Å². The molecule has 0 bridgehead atoms. The van der Waals surface area contributed by atoms with Gasteiger partial charge in [0, 0.05) is 41.6 Å². The first kappa shape index (κ1) is 16.4. The standard InChI is InChI=1S/C18H18F2N6/c1-10(2)5-23-18-24-7-13-12(6-22-17(13)25-18)11-3-4-15-21-8-14(16(19)20)26(15)9-11/h3-4,6-10,16H,5H2,1-2H3,(H2,22,23,24,25). The molecule has 4 rings (SSSR count). The Bertz CT molecular complexity index is 1070. The minimum absolute atomic E-state index is 0.127. The first-order valence-corrected chi connectivity index (χ1v) is 8.36. The average Bonchev–Trinajstić information content (AvgIpc) is 3.22. The van der Waals surface area contributed by atoms with Crippen LogP contribution < -0.4 is 5.32 Å². The van der Waals surface area contributed by atoms with E-state index >= 15 is 0 Å². The third-order valence-electron chi connectivity index (χ3n) is 4.17. The number of nitrogens with one attached hydrogen (secondary N) is 2. The zero-order valence-corrected chi connectivity index (χ0v) is 14.4. The number of aromatic amines is 1. The highest BCUT2D eigenvalue weighted by Gasteiger charge is 2.15. The van der Waals surface area contributed by atoms with E-state index in [4.69, 9.17) is 0 Å². The molecule has 0 saturated heterocycles. The maximum absolute atomic E-state index is 13.1. The lowest BCUT2D eigenvalue weighted by molar-refractivity contribution is 0.145. The SMILES string of the molecule is CC(C)CNc1ncc2c(-c3ccc4ncc(C(F)F)n4c3)c[nH]c2n1. The quantitative estimate of drug-likeness (QED) is 0.560. The molecule has 8 heteroatoms. The van der Waals surface area contributed by atoms with E-state index in [-0.39, 0.29) is 5.69 Å². The minimum atomic E-state index is -2.58. The van der Waals surface area contributed by atoms with Crippen LogP contribution in [0.25, 0.3) is 27.8 Å². The van der Waals surface area contributed by atoms with E-state index in [9.17, 15) is 8.78 Å². The minimum Gasteiger partial charge on any atom is -0.354 e. The molecule has 0 fully saturated rings. The maximum atomic E-state index is 13.1. The average molecular weight is 356 g/mol. The predicted molar refractivity (Wildman–Crippen MR) is 96.4 cm³/mol. The van der Waals surface area contributed by atoms with Crippen LogP contribution in [0.4, 0.5) is 14.7 Å². The van der Waals surface area contributed by atoms with E-state index in [1.807, 2.05) is 12.3 Å². The van der Waals surface area contributed by atoms with E-state index in [1.54, 1.807) is 18.5 Å². The molecule has 0 spiro atoms.